The maximum Gasteiger partial charge on any atom is 0.433 e. The van der Waals surface area contributed by atoms with E-state index < -0.39 is 111 Å². The van der Waals surface area contributed by atoms with Crippen LogP contribution in [0.3, 0.4) is 0 Å². The van der Waals surface area contributed by atoms with Gasteiger partial charge in [-0.1, -0.05) is 17.7 Å². The summed E-state index contributed by atoms with van der Waals surface area (Å²) in [6.07, 6.45) is -7.95. The Morgan fingerprint density at radius 3 is 2.37 bits per heavy atom. The van der Waals surface area contributed by atoms with Crippen molar-refractivity contribution in [3.63, 3.8) is 0 Å². The molecule has 1 amide bonds. The largest absolute Gasteiger partial charge is 0.433 e. The van der Waals surface area contributed by atoms with Gasteiger partial charge >= 0.3 is 6.18 Å². The van der Waals surface area contributed by atoms with E-state index in [2.05, 4.69) is 35.2 Å². The summed E-state index contributed by atoms with van der Waals surface area (Å²) in [5.41, 5.74) is -5.62. The van der Waals surface area contributed by atoms with Crippen molar-refractivity contribution in [2.75, 3.05) is 11.0 Å². The van der Waals surface area contributed by atoms with Gasteiger partial charge in [-0.05, 0) is 66.4 Å². The molecule has 0 radical (unpaired) electrons. The van der Waals surface area contributed by atoms with E-state index in [0.29, 0.717) is 10.7 Å². The lowest BCUT2D eigenvalue weighted by molar-refractivity contribution is -0.141. The molecule has 0 unspecified atom stereocenters. The van der Waals surface area contributed by atoms with Gasteiger partial charge in [-0.3, -0.25) is 28.2 Å². The Morgan fingerprint density at radius 1 is 0.985 bits per heavy atom. The molecule has 5 aromatic heterocycles. The van der Waals surface area contributed by atoms with Gasteiger partial charge in [0.1, 0.15) is 41.1 Å². The fraction of sp³-hybridized carbons (Fsp3) is 0.275. The summed E-state index contributed by atoms with van der Waals surface area (Å²) in [5.74, 6) is -9.86. The lowest BCUT2D eigenvalue weighted by Crippen LogP contribution is -2.38. The number of alkyl halides is 7. The Balaban J connectivity index is 1.26. The quantitative estimate of drug-likeness (QED) is 0.125. The second kappa shape index (κ2) is 15.3. The molecule has 7 aromatic rings. The average Bonchev–Trinajstić information content (AvgIpc) is 3.75. The van der Waals surface area contributed by atoms with Crippen LogP contribution >= 0.6 is 11.6 Å². The summed E-state index contributed by atoms with van der Waals surface area (Å²) in [6, 6.07) is 8.56. The van der Waals surface area contributed by atoms with Gasteiger partial charge in [0.2, 0.25) is 15.9 Å². The molecule has 2 aliphatic rings. The maximum atomic E-state index is 15.5. The lowest BCUT2D eigenvalue weighted by atomic mass is 10.0. The lowest BCUT2D eigenvalue weighted by Gasteiger charge is -2.24. The molecular formula is C40H28ClF9N10O4S. The van der Waals surface area contributed by atoms with Gasteiger partial charge in [-0.25, -0.2) is 40.9 Å². The highest BCUT2D eigenvalue weighted by Gasteiger charge is 2.67. The van der Waals surface area contributed by atoms with Crippen LogP contribution in [0.5, 0.6) is 0 Å². The number of hydrogen-bond donors (Lipinski definition) is 2. The van der Waals surface area contributed by atoms with Crippen molar-refractivity contribution in [3.05, 3.63) is 122 Å². The van der Waals surface area contributed by atoms with Crippen molar-refractivity contribution in [1.29, 1.82) is 0 Å². The standard InChI is InChI=1S/C40H28ClF9N10O4S/c1-58-32-26(9-7-22(41)30(32)36(56-58)57-65(2,63)64)60-37(54-35-19(38(60)62)6-8-24(53-35)23-4-3-5-27(51-23)40(48,49)50)25(12-16-10-17(42)13-18(43)11-16)52-28(61)15-59-33-29(31(55-59)34(44)45)20-14-21(20)39(33,46)47/h3-11,13,20-21,25,34H,12,14-15H2,1-2H3,(H,52,61)(H,56,57)/t20-,21+,25-/m0/s1. The van der Waals surface area contributed by atoms with Crippen molar-refractivity contribution < 1.29 is 52.7 Å². The van der Waals surface area contributed by atoms with Crippen LogP contribution < -0.4 is 15.6 Å². The van der Waals surface area contributed by atoms with Gasteiger partial charge in [-0.2, -0.15) is 32.1 Å². The van der Waals surface area contributed by atoms with E-state index in [1.165, 1.54) is 37.4 Å². The summed E-state index contributed by atoms with van der Waals surface area (Å²) in [4.78, 5) is 41.7. The molecule has 0 saturated heterocycles. The minimum atomic E-state index is -4.85. The fourth-order valence-corrected chi connectivity index (χ4v) is 9.07. The summed E-state index contributed by atoms with van der Waals surface area (Å²) >= 11 is 6.58. The van der Waals surface area contributed by atoms with Crippen LogP contribution in [-0.2, 0) is 46.9 Å². The van der Waals surface area contributed by atoms with Crippen molar-refractivity contribution in [2.24, 2.45) is 13.0 Å². The third kappa shape index (κ3) is 7.80. The molecule has 1 saturated carbocycles. The number of fused-ring (bicyclic) bond motifs is 5. The Bertz CT molecular complexity index is 3300. The van der Waals surface area contributed by atoms with Crippen LogP contribution in [0.25, 0.3) is 39.0 Å². The molecule has 2 aliphatic carbocycles. The van der Waals surface area contributed by atoms with Gasteiger partial charge in [-0.15, -0.1) is 0 Å². The first-order valence-corrected chi connectivity index (χ1v) is 21.4. The number of anilines is 1. The zero-order chi connectivity index (χ0) is 46.7. The number of pyridine rings is 2. The summed E-state index contributed by atoms with van der Waals surface area (Å²) in [7, 11) is -2.62. The molecule has 5 heterocycles. The summed E-state index contributed by atoms with van der Waals surface area (Å²) in [5, 5.41) is 10.1. The molecule has 3 atom stereocenters. The zero-order valence-electron chi connectivity index (χ0n) is 33.1. The number of aromatic nitrogens is 8. The first kappa shape index (κ1) is 43.7. The van der Waals surface area contributed by atoms with Crippen molar-refractivity contribution in [3.8, 4) is 17.1 Å². The molecule has 1 fully saturated rings. The number of sulfonamides is 1. The molecule has 25 heteroatoms. The van der Waals surface area contributed by atoms with Crippen LogP contribution in [0.4, 0.5) is 45.3 Å². The molecular weight excluding hydrogens is 923 g/mol. The van der Waals surface area contributed by atoms with Gasteiger partial charge in [0.25, 0.3) is 17.9 Å². The summed E-state index contributed by atoms with van der Waals surface area (Å²) < 4.78 is 159. The zero-order valence-corrected chi connectivity index (χ0v) is 34.7. The fourth-order valence-electron chi connectivity index (χ4n) is 8.34. The molecule has 65 heavy (non-hydrogen) atoms. The van der Waals surface area contributed by atoms with Crippen LogP contribution in [0, 0.1) is 17.6 Å². The van der Waals surface area contributed by atoms with Crippen LogP contribution in [0.15, 0.2) is 65.5 Å². The molecule has 9 rings (SSSR count). The van der Waals surface area contributed by atoms with Crippen molar-refractivity contribution in [2.45, 2.75) is 49.9 Å². The van der Waals surface area contributed by atoms with Gasteiger partial charge in [0, 0.05) is 31.0 Å². The SMILES string of the molecule is Cn1nc(NS(C)(=O)=O)c2c(Cl)ccc(-n3c([C@H](Cc4cc(F)cc(F)c4)NC(=O)Cn4nc(C(F)F)c5c4C(F)(F)[C@@H]4C[C@H]54)nc4nc(-c5cccc(C(F)(F)F)n5)ccc4c3=O)c21. The second-order valence-corrected chi connectivity index (χ2v) is 17.7. The molecule has 2 N–H and O–H groups in total. The minimum Gasteiger partial charge on any atom is -0.344 e. The molecule has 0 aliphatic heterocycles. The number of nitrogens with one attached hydrogen (secondary N) is 2. The number of amides is 1. The first-order valence-electron chi connectivity index (χ1n) is 19.1. The monoisotopic (exact) mass is 950 g/mol. The highest BCUT2D eigenvalue weighted by molar-refractivity contribution is 7.92. The highest BCUT2D eigenvalue weighted by Crippen LogP contribution is 2.68. The van der Waals surface area contributed by atoms with Crippen LogP contribution in [0.2, 0.25) is 5.02 Å². The smallest absolute Gasteiger partial charge is 0.344 e. The van der Waals surface area contributed by atoms with E-state index in [-0.39, 0.29) is 61.8 Å². The Labute approximate surface area is 364 Å². The molecule has 0 spiro atoms. The number of carbonyl (C=O) groups excluding carboxylic acids is 1. The molecule has 0 bridgehead atoms. The average molecular weight is 951 g/mol. The van der Waals surface area contributed by atoms with E-state index in [9.17, 15) is 48.7 Å². The van der Waals surface area contributed by atoms with E-state index in [1.807, 2.05) is 0 Å². The van der Waals surface area contributed by atoms with E-state index in [4.69, 9.17) is 11.6 Å². The number of nitrogens with zero attached hydrogens (tertiary/aromatic N) is 8. The van der Waals surface area contributed by atoms with Crippen LogP contribution in [-0.4, -0.2) is 59.7 Å². The van der Waals surface area contributed by atoms with Crippen molar-refractivity contribution >= 4 is 55.3 Å². The Kier molecular flexibility index (Phi) is 10.3. The molecule has 338 valence electrons. The van der Waals surface area contributed by atoms with Gasteiger partial charge < -0.3 is 5.32 Å². The molecule has 2 aromatic carbocycles. The van der Waals surface area contributed by atoms with E-state index in [1.54, 1.807) is 0 Å². The van der Waals surface area contributed by atoms with E-state index >= 15 is 8.78 Å². The number of aryl methyl sites for hydroxylation is 1. The number of benzene rings is 2. The third-order valence-corrected chi connectivity index (χ3v) is 11.8. The number of carbonyl (C=O) groups is 1. The molecule has 14 nitrogen and oxygen atoms in total. The summed E-state index contributed by atoms with van der Waals surface area (Å²) in [6.45, 7) is -1.09. The van der Waals surface area contributed by atoms with Gasteiger partial charge in [0.15, 0.2) is 11.5 Å². The number of hydrogen-bond acceptors (Lipinski definition) is 9. The number of halogens is 10. The normalized spacial score (nSPS) is 17.1. The Morgan fingerprint density at radius 2 is 1.69 bits per heavy atom. The first-order chi connectivity index (χ1) is 30.5. The minimum absolute atomic E-state index is 0.0137. The Hall–Kier alpha value is -6.56. The van der Waals surface area contributed by atoms with E-state index in [0.717, 1.165) is 39.8 Å². The maximum absolute atomic E-state index is 15.5. The predicted molar refractivity (Wildman–Crippen MR) is 214 cm³/mol. The third-order valence-electron chi connectivity index (χ3n) is 11.0. The predicted octanol–water partition coefficient (Wildman–Crippen LogP) is 7.49. The number of rotatable bonds is 11. The second-order valence-electron chi connectivity index (χ2n) is 15.5. The highest BCUT2D eigenvalue weighted by atomic mass is 35.5. The van der Waals surface area contributed by atoms with Crippen LogP contribution in [0.1, 0.15) is 58.8 Å². The van der Waals surface area contributed by atoms with Crippen molar-refractivity contribution in [1.82, 2.24) is 44.4 Å². The topological polar surface area (TPSA) is 172 Å². The van der Waals surface area contributed by atoms with Gasteiger partial charge in [0.05, 0.1) is 50.7 Å².